The lowest BCUT2D eigenvalue weighted by Gasteiger charge is -2.36. The molecule has 2 aliphatic rings. The van der Waals surface area contributed by atoms with Crippen LogP contribution in [-0.4, -0.2) is 79.5 Å². The van der Waals surface area contributed by atoms with Gasteiger partial charge in [0.05, 0.1) is 12.5 Å². The second-order valence-electron chi connectivity index (χ2n) is 6.96. The van der Waals surface area contributed by atoms with Crippen molar-refractivity contribution in [2.24, 2.45) is 5.92 Å². The molecular formula is C19H26FN3O3. The summed E-state index contributed by atoms with van der Waals surface area (Å²) in [7, 11) is 1.60. The fourth-order valence-corrected chi connectivity index (χ4v) is 3.63. The minimum Gasteiger partial charge on any atom is -0.383 e. The zero-order valence-corrected chi connectivity index (χ0v) is 15.2. The average Bonchev–Trinajstić information content (AvgIpc) is 3.01. The number of hydrogen-bond donors (Lipinski definition) is 0. The molecule has 2 saturated heterocycles. The molecule has 142 valence electrons. The van der Waals surface area contributed by atoms with E-state index < -0.39 is 0 Å². The van der Waals surface area contributed by atoms with Gasteiger partial charge in [-0.1, -0.05) is 12.1 Å². The maximum atomic E-state index is 13.3. The molecule has 3 rings (SSSR count). The highest BCUT2D eigenvalue weighted by Crippen LogP contribution is 2.21. The number of carbonyl (C=O) groups excluding carboxylic acids is 2. The lowest BCUT2D eigenvalue weighted by molar-refractivity contribution is -0.137. The van der Waals surface area contributed by atoms with Crippen LogP contribution >= 0.6 is 0 Å². The van der Waals surface area contributed by atoms with Gasteiger partial charge in [-0.3, -0.25) is 14.5 Å². The van der Waals surface area contributed by atoms with Crippen LogP contribution in [0.2, 0.25) is 0 Å². The van der Waals surface area contributed by atoms with Crippen molar-refractivity contribution in [2.45, 2.75) is 13.0 Å². The molecule has 1 aromatic carbocycles. The van der Waals surface area contributed by atoms with Crippen LogP contribution in [0.15, 0.2) is 24.3 Å². The molecule has 0 bridgehead atoms. The van der Waals surface area contributed by atoms with Gasteiger partial charge in [0.1, 0.15) is 5.82 Å². The van der Waals surface area contributed by atoms with Gasteiger partial charge in [0.25, 0.3) is 0 Å². The summed E-state index contributed by atoms with van der Waals surface area (Å²) in [5.41, 5.74) is 0.944. The number of piperazine rings is 1. The summed E-state index contributed by atoms with van der Waals surface area (Å²) in [6.07, 6.45) is 0.298. The van der Waals surface area contributed by atoms with Crippen molar-refractivity contribution in [3.8, 4) is 0 Å². The lowest BCUT2D eigenvalue weighted by Crippen LogP contribution is -2.50. The fourth-order valence-electron chi connectivity index (χ4n) is 3.63. The highest BCUT2D eigenvalue weighted by molar-refractivity contribution is 5.89. The Kier molecular flexibility index (Phi) is 6.21. The van der Waals surface area contributed by atoms with Gasteiger partial charge in [-0.2, -0.15) is 0 Å². The zero-order valence-electron chi connectivity index (χ0n) is 15.2. The molecule has 0 unspecified atom stereocenters. The Labute approximate surface area is 153 Å². The molecule has 2 amide bonds. The van der Waals surface area contributed by atoms with Crippen LogP contribution < -0.4 is 0 Å². The number of amides is 2. The van der Waals surface area contributed by atoms with Crippen LogP contribution in [0.5, 0.6) is 0 Å². The number of nitrogens with zero attached hydrogens (tertiary/aromatic N) is 3. The van der Waals surface area contributed by atoms with Gasteiger partial charge in [-0.25, -0.2) is 4.39 Å². The molecule has 1 aromatic rings. The average molecular weight is 363 g/mol. The van der Waals surface area contributed by atoms with E-state index in [1.807, 2.05) is 11.0 Å². The number of benzene rings is 1. The van der Waals surface area contributed by atoms with Crippen molar-refractivity contribution in [2.75, 3.05) is 53.0 Å². The van der Waals surface area contributed by atoms with Crippen LogP contribution in [0.1, 0.15) is 12.0 Å². The number of hydrogen-bond acceptors (Lipinski definition) is 4. The van der Waals surface area contributed by atoms with Crippen LogP contribution in [0, 0.1) is 11.7 Å². The zero-order chi connectivity index (χ0) is 18.5. The van der Waals surface area contributed by atoms with Crippen molar-refractivity contribution in [1.82, 2.24) is 14.7 Å². The molecule has 6 nitrogen and oxygen atoms in total. The van der Waals surface area contributed by atoms with E-state index in [-0.39, 0.29) is 23.5 Å². The normalized spacial score (nSPS) is 21.5. The number of likely N-dealkylation sites (tertiary alicyclic amines) is 1. The second kappa shape index (κ2) is 8.60. The second-order valence-corrected chi connectivity index (χ2v) is 6.96. The minimum atomic E-state index is -0.242. The largest absolute Gasteiger partial charge is 0.383 e. The van der Waals surface area contributed by atoms with Crippen molar-refractivity contribution in [3.05, 3.63) is 35.6 Å². The molecule has 0 N–H and O–H groups in total. The molecule has 2 heterocycles. The van der Waals surface area contributed by atoms with Gasteiger partial charge in [0.2, 0.25) is 11.8 Å². The third-order valence-electron chi connectivity index (χ3n) is 5.11. The van der Waals surface area contributed by atoms with Gasteiger partial charge < -0.3 is 14.5 Å². The third kappa shape index (κ3) is 4.59. The van der Waals surface area contributed by atoms with Gasteiger partial charge in [0, 0.05) is 59.3 Å². The Morgan fingerprint density at radius 1 is 1.27 bits per heavy atom. The van der Waals surface area contributed by atoms with E-state index in [0.717, 1.165) is 18.7 Å². The summed E-state index contributed by atoms with van der Waals surface area (Å²) in [5, 5.41) is 0. The van der Waals surface area contributed by atoms with E-state index in [4.69, 9.17) is 4.74 Å². The highest BCUT2D eigenvalue weighted by atomic mass is 19.1. The van der Waals surface area contributed by atoms with Crippen molar-refractivity contribution < 1.29 is 18.7 Å². The van der Waals surface area contributed by atoms with Crippen LogP contribution in [0.4, 0.5) is 4.39 Å². The van der Waals surface area contributed by atoms with Gasteiger partial charge in [-0.15, -0.1) is 0 Å². The molecule has 7 heteroatoms. The Balaban J connectivity index is 1.47. The van der Waals surface area contributed by atoms with E-state index in [1.54, 1.807) is 24.1 Å². The Bertz CT molecular complexity index is 647. The highest BCUT2D eigenvalue weighted by Gasteiger charge is 2.36. The lowest BCUT2D eigenvalue weighted by atomic mass is 10.1. The fraction of sp³-hybridized carbons (Fsp3) is 0.579. The predicted octanol–water partition coefficient (Wildman–Crippen LogP) is 0.965. The summed E-state index contributed by atoms with van der Waals surface area (Å²) in [6.45, 7) is 5.03. The van der Waals surface area contributed by atoms with Crippen molar-refractivity contribution >= 4 is 11.8 Å². The molecule has 26 heavy (non-hydrogen) atoms. The van der Waals surface area contributed by atoms with Gasteiger partial charge in [0.15, 0.2) is 0 Å². The molecule has 2 aliphatic heterocycles. The van der Waals surface area contributed by atoms with Crippen LogP contribution in [-0.2, 0) is 20.9 Å². The van der Waals surface area contributed by atoms with E-state index >= 15 is 0 Å². The molecule has 2 fully saturated rings. The standard InChI is InChI=1S/C19H26FN3O3/c1-26-10-9-23-14-16(12-18(23)24)19(25)22-7-5-21(6-8-22)13-15-3-2-4-17(20)11-15/h2-4,11,16H,5-10,12-14H2,1H3/t16-/m0/s1. The molecule has 0 aromatic heterocycles. The van der Waals surface area contributed by atoms with E-state index in [2.05, 4.69) is 4.90 Å². The first-order chi connectivity index (χ1) is 12.6. The molecule has 0 spiro atoms. The maximum Gasteiger partial charge on any atom is 0.228 e. The molecule has 0 radical (unpaired) electrons. The molecule has 1 atom stereocenters. The van der Waals surface area contributed by atoms with Gasteiger partial charge in [-0.05, 0) is 17.7 Å². The summed E-state index contributed by atoms with van der Waals surface area (Å²) in [6, 6.07) is 6.63. The van der Waals surface area contributed by atoms with Crippen LogP contribution in [0.3, 0.4) is 0 Å². The summed E-state index contributed by atoms with van der Waals surface area (Å²) in [5.74, 6) is -0.358. The van der Waals surface area contributed by atoms with Gasteiger partial charge >= 0.3 is 0 Å². The topological polar surface area (TPSA) is 53.1 Å². The quantitative estimate of drug-likeness (QED) is 0.756. The van der Waals surface area contributed by atoms with E-state index in [9.17, 15) is 14.0 Å². The third-order valence-corrected chi connectivity index (χ3v) is 5.11. The number of rotatable bonds is 6. The van der Waals surface area contributed by atoms with Crippen molar-refractivity contribution in [1.29, 1.82) is 0 Å². The van der Waals surface area contributed by atoms with Crippen LogP contribution in [0.25, 0.3) is 0 Å². The number of carbonyl (C=O) groups is 2. The SMILES string of the molecule is COCCN1C[C@@H](C(=O)N2CCN(Cc3cccc(F)c3)CC2)CC1=O. The Morgan fingerprint density at radius 3 is 2.73 bits per heavy atom. The molecule has 0 aliphatic carbocycles. The van der Waals surface area contributed by atoms with E-state index in [0.29, 0.717) is 45.8 Å². The predicted molar refractivity (Wildman–Crippen MR) is 94.8 cm³/mol. The molecule has 0 saturated carbocycles. The first-order valence-corrected chi connectivity index (χ1v) is 9.09. The summed E-state index contributed by atoms with van der Waals surface area (Å²) < 4.78 is 18.3. The summed E-state index contributed by atoms with van der Waals surface area (Å²) in [4.78, 5) is 30.5. The number of methoxy groups -OCH3 is 1. The Morgan fingerprint density at radius 2 is 2.04 bits per heavy atom. The minimum absolute atomic E-state index is 0.0325. The maximum absolute atomic E-state index is 13.3. The number of halogens is 1. The smallest absolute Gasteiger partial charge is 0.228 e. The number of ether oxygens (including phenoxy) is 1. The first kappa shape index (κ1) is 18.8. The first-order valence-electron chi connectivity index (χ1n) is 9.09. The molecular weight excluding hydrogens is 337 g/mol. The Hall–Kier alpha value is -1.99. The monoisotopic (exact) mass is 363 g/mol. The van der Waals surface area contributed by atoms with Crippen molar-refractivity contribution in [3.63, 3.8) is 0 Å². The summed E-state index contributed by atoms with van der Waals surface area (Å²) >= 11 is 0. The van der Waals surface area contributed by atoms with E-state index in [1.165, 1.54) is 6.07 Å².